The number of hydrogen-bond acceptors (Lipinski definition) is 3. The van der Waals surface area contributed by atoms with Crippen LogP contribution >= 0.6 is 0 Å². The van der Waals surface area contributed by atoms with E-state index in [2.05, 4.69) is 11.9 Å². The summed E-state index contributed by atoms with van der Waals surface area (Å²) in [5.74, 6) is -0.0697. The van der Waals surface area contributed by atoms with Crippen molar-refractivity contribution in [3.05, 3.63) is 12.7 Å². The highest BCUT2D eigenvalue weighted by atomic mass is 16.6. The van der Waals surface area contributed by atoms with Crippen molar-refractivity contribution in [2.24, 2.45) is 5.41 Å². The Balaban J connectivity index is 1.95. The third-order valence-corrected chi connectivity index (χ3v) is 3.72. The predicted molar refractivity (Wildman–Crippen MR) is 71.6 cm³/mol. The fourth-order valence-corrected chi connectivity index (χ4v) is 2.58. The van der Waals surface area contributed by atoms with Crippen LogP contribution < -0.4 is 5.32 Å². The molecule has 2 amide bonds. The molecule has 5 heteroatoms. The van der Waals surface area contributed by atoms with Crippen molar-refractivity contribution in [1.82, 2.24) is 10.2 Å². The van der Waals surface area contributed by atoms with Gasteiger partial charge in [0.05, 0.1) is 6.04 Å². The molecular weight excluding hydrogens is 244 g/mol. The van der Waals surface area contributed by atoms with Crippen molar-refractivity contribution in [3.8, 4) is 0 Å². The monoisotopic (exact) mass is 266 g/mol. The average Bonchev–Trinajstić information content (AvgIpc) is 2.95. The van der Waals surface area contributed by atoms with Crippen LogP contribution in [0.2, 0.25) is 0 Å². The van der Waals surface area contributed by atoms with Crippen LogP contribution in [0.4, 0.5) is 4.79 Å². The lowest BCUT2D eigenvalue weighted by Crippen LogP contribution is -2.44. The highest BCUT2D eigenvalue weighted by Gasteiger charge is 2.56. The van der Waals surface area contributed by atoms with Gasteiger partial charge in [-0.3, -0.25) is 4.79 Å². The summed E-state index contributed by atoms with van der Waals surface area (Å²) in [5, 5.41) is 2.91. The standard InChI is InChI=1S/C14H22N2O3/c1-5-11(17)16-8-10(14(9-16)6-7-14)15-12(18)19-13(2,3)4/h5,10H,1,6-9H2,2-4H3,(H,15,18)/t10-/m0/s1. The van der Waals surface area contributed by atoms with E-state index in [0.717, 1.165) is 12.8 Å². The van der Waals surface area contributed by atoms with Crippen molar-refractivity contribution in [2.45, 2.75) is 45.3 Å². The smallest absolute Gasteiger partial charge is 0.407 e. The van der Waals surface area contributed by atoms with Gasteiger partial charge in [-0.1, -0.05) is 6.58 Å². The Morgan fingerprint density at radius 2 is 2.05 bits per heavy atom. The topological polar surface area (TPSA) is 58.6 Å². The van der Waals surface area contributed by atoms with E-state index in [9.17, 15) is 9.59 Å². The SMILES string of the molecule is C=CC(=O)N1C[C@H](NC(=O)OC(C)(C)C)C2(CC2)C1. The first-order chi connectivity index (χ1) is 8.76. The van der Waals surface area contributed by atoms with Gasteiger partial charge in [0.25, 0.3) is 0 Å². The number of likely N-dealkylation sites (tertiary alicyclic amines) is 1. The quantitative estimate of drug-likeness (QED) is 0.774. The number of amides is 2. The molecule has 1 saturated heterocycles. The lowest BCUT2D eigenvalue weighted by molar-refractivity contribution is -0.125. The molecule has 1 heterocycles. The predicted octanol–water partition coefficient (Wildman–Crippen LogP) is 1.69. The maximum Gasteiger partial charge on any atom is 0.407 e. The Morgan fingerprint density at radius 1 is 1.42 bits per heavy atom. The Bertz CT molecular complexity index is 407. The van der Waals surface area contributed by atoms with E-state index < -0.39 is 11.7 Å². The first-order valence-electron chi connectivity index (χ1n) is 6.67. The van der Waals surface area contributed by atoms with E-state index in [-0.39, 0.29) is 17.4 Å². The summed E-state index contributed by atoms with van der Waals surface area (Å²) in [6.45, 7) is 10.3. The number of rotatable bonds is 2. The van der Waals surface area contributed by atoms with Crippen molar-refractivity contribution >= 4 is 12.0 Å². The number of alkyl carbamates (subject to hydrolysis) is 1. The second kappa shape index (κ2) is 4.54. The molecule has 1 N–H and O–H groups in total. The molecule has 2 fully saturated rings. The normalized spacial score (nSPS) is 24.2. The largest absolute Gasteiger partial charge is 0.444 e. The molecule has 1 aliphatic heterocycles. The van der Waals surface area contributed by atoms with E-state index in [1.807, 2.05) is 20.8 Å². The fraction of sp³-hybridized carbons (Fsp3) is 0.714. The zero-order valence-corrected chi connectivity index (χ0v) is 11.9. The van der Waals surface area contributed by atoms with E-state index in [1.165, 1.54) is 6.08 Å². The maximum atomic E-state index is 11.8. The molecule has 19 heavy (non-hydrogen) atoms. The van der Waals surface area contributed by atoms with Gasteiger partial charge in [0.1, 0.15) is 5.60 Å². The lowest BCUT2D eigenvalue weighted by atomic mass is 10.0. The number of nitrogens with zero attached hydrogens (tertiary/aromatic N) is 1. The highest BCUT2D eigenvalue weighted by molar-refractivity contribution is 5.87. The van der Waals surface area contributed by atoms with Gasteiger partial charge in [-0.05, 0) is 39.7 Å². The molecule has 1 saturated carbocycles. The van der Waals surface area contributed by atoms with E-state index in [4.69, 9.17) is 4.74 Å². The summed E-state index contributed by atoms with van der Waals surface area (Å²) in [6.07, 6.45) is 3.02. The van der Waals surface area contributed by atoms with Gasteiger partial charge in [-0.15, -0.1) is 0 Å². The van der Waals surface area contributed by atoms with Crippen LogP contribution in [0.15, 0.2) is 12.7 Å². The molecule has 1 spiro atoms. The number of carbonyl (C=O) groups excluding carboxylic acids is 2. The number of nitrogens with one attached hydrogen (secondary N) is 1. The molecular formula is C14H22N2O3. The molecule has 0 aromatic heterocycles. The first kappa shape index (κ1) is 13.9. The molecule has 0 unspecified atom stereocenters. The van der Waals surface area contributed by atoms with Gasteiger partial charge in [-0.25, -0.2) is 4.79 Å². The maximum absolute atomic E-state index is 11.8. The minimum Gasteiger partial charge on any atom is -0.444 e. The summed E-state index contributed by atoms with van der Waals surface area (Å²) in [6, 6.07) is -0.00810. The molecule has 1 atom stereocenters. The molecule has 2 rings (SSSR count). The highest BCUT2D eigenvalue weighted by Crippen LogP contribution is 2.52. The van der Waals surface area contributed by atoms with Gasteiger partial charge < -0.3 is 15.0 Å². The first-order valence-corrected chi connectivity index (χ1v) is 6.67. The van der Waals surface area contributed by atoms with Gasteiger partial charge in [0.15, 0.2) is 0 Å². The molecule has 0 aromatic carbocycles. The minimum atomic E-state index is -0.504. The zero-order valence-electron chi connectivity index (χ0n) is 11.9. The molecule has 106 valence electrons. The van der Waals surface area contributed by atoms with Crippen molar-refractivity contribution < 1.29 is 14.3 Å². The molecule has 0 radical (unpaired) electrons. The van der Waals surface area contributed by atoms with E-state index in [1.54, 1.807) is 4.90 Å². The summed E-state index contributed by atoms with van der Waals surface area (Å²) in [7, 11) is 0. The second-order valence-corrected chi connectivity index (χ2v) is 6.48. The van der Waals surface area contributed by atoms with Crippen molar-refractivity contribution in [3.63, 3.8) is 0 Å². The van der Waals surface area contributed by atoms with Crippen LogP contribution in [0.1, 0.15) is 33.6 Å². The van der Waals surface area contributed by atoms with Gasteiger partial charge in [0.2, 0.25) is 5.91 Å². The van der Waals surface area contributed by atoms with Crippen LogP contribution in [0.25, 0.3) is 0 Å². The molecule has 0 bridgehead atoms. The van der Waals surface area contributed by atoms with E-state index >= 15 is 0 Å². The third-order valence-electron chi connectivity index (χ3n) is 3.72. The van der Waals surface area contributed by atoms with Crippen LogP contribution in [0.5, 0.6) is 0 Å². The van der Waals surface area contributed by atoms with Crippen LogP contribution in [0.3, 0.4) is 0 Å². The third kappa shape index (κ3) is 3.08. The van der Waals surface area contributed by atoms with Gasteiger partial charge in [0, 0.05) is 18.5 Å². The fourth-order valence-electron chi connectivity index (χ4n) is 2.58. The number of hydrogen-bond donors (Lipinski definition) is 1. The van der Waals surface area contributed by atoms with Crippen LogP contribution in [-0.2, 0) is 9.53 Å². The van der Waals surface area contributed by atoms with Gasteiger partial charge in [-0.2, -0.15) is 0 Å². The molecule has 5 nitrogen and oxygen atoms in total. The molecule has 0 aromatic rings. The second-order valence-electron chi connectivity index (χ2n) is 6.48. The lowest BCUT2D eigenvalue weighted by Gasteiger charge is -2.23. The Kier molecular flexibility index (Phi) is 3.32. The Morgan fingerprint density at radius 3 is 2.53 bits per heavy atom. The minimum absolute atomic E-state index is 0.00810. The number of carbonyl (C=O) groups is 2. The summed E-state index contributed by atoms with van der Waals surface area (Å²) < 4.78 is 5.27. The Hall–Kier alpha value is -1.52. The zero-order chi connectivity index (χ0) is 14.3. The Labute approximate surface area is 114 Å². The van der Waals surface area contributed by atoms with E-state index in [0.29, 0.717) is 13.1 Å². The summed E-state index contributed by atoms with van der Waals surface area (Å²) in [5.41, 5.74) is -0.439. The summed E-state index contributed by atoms with van der Waals surface area (Å²) >= 11 is 0. The van der Waals surface area contributed by atoms with Crippen molar-refractivity contribution in [2.75, 3.05) is 13.1 Å². The molecule has 2 aliphatic rings. The van der Waals surface area contributed by atoms with Crippen LogP contribution in [-0.4, -0.2) is 41.6 Å². The van der Waals surface area contributed by atoms with Gasteiger partial charge >= 0.3 is 6.09 Å². The van der Waals surface area contributed by atoms with Crippen molar-refractivity contribution in [1.29, 1.82) is 0 Å². The van der Waals surface area contributed by atoms with Crippen LogP contribution in [0, 0.1) is 5.41 Å². The average molecular weight is 266 g/mol. The molecule has 1 aliphatic carbocycles. The number of ether oxygens (including phenoxy) is 1. The summed E-state index contributed by atoms with van der Waals surface area (Å²) in [4.78, 5) is 25.2.